The van der Waals surface area contributed by atoms with Crippen molar-refractivity contribution in [2.24, 2.45) is 11.7 Å². The van der Waals surface area contributed by atoms with E-state index in [-0.39, 0.29) is 11.7 Å². The molecule has 26 heavy (non-hydrogen) atoms. The van der Waals surface area contributed by atoms with Crippen molar-refractivity contribution in [2.75, 3.05) is 12.3 Å². The predicted molar refractivity (Wildman–Crippen MR) is 87.2 cm³/mol. The van der Waals surface area contributed by atoms with Gasteiger partial charge in [-0.1, -0.05) is 13.8 Å². The molecule has 5 atom stereocenters. The summed E-state index contributed by atoms with van der Waals surface area (Å²) in [6.45, 7) is 3.01. The second kappa shape index (κ2) is 7.38. The molecular formula is C15H21N5O6. The van der Waals surface area contributed by atoms with Crippen molar-refractivity contribution in [1.82, 2.24) is 9.55 Å². The van der Waals surface area contributed by atoms with Gasteiger partial charge in [-0.2, -0.15) is 10.2 Å². The maximum absolute atomic E-state index is 12.0. The first kappa shape index (κ1) is 19.8. The number of nitriles is 1. The van der Waals surface area contributed by atoms with Crippen molar-refractivity contribution in [1.29, 1.82) is 5.26 Å². The fourth-order valence-electron chi connectivity index (χ4n) is 2.48. The van der Waals surface area contributed by atoms with Crippen molar-refractivity contribution in [3.63, 3.8) is 0 Å². The van der Waals surface area contributed by atoms with E-state index in [1.165, 1.54) is 6.07 Å². The number of nitrogens with two attached hydrogens (primary N) is 2. The molecule has 1 fully saturated rings. The Bertz CT molecular complexity index is 775. The molecule has 1 aromatic heterocycles. The van der Waals surface area contributed by atoms with Crippen molar-refractivity contribution < 1.29 is 24.5 Å². The molecule has 1 saturated heterocycles. The molecule has 1 aliphatic heterocycles. The van der Waals surface area contributed by atoms with Gasteiger partial charge in [-0.3, -0.25) is 9.36 Å². The molecule has 6 N–H and O–H groups in total. The number of anilines is 1. The van der Waals surface area contributed by atoms with Gasteiger partial charge in [-0.15, -0.1) is 0 Å². The van der Waals surface area contributed by atoms with Gasteiger partial charge in [0, 0.05) is 6.20 Å². The van der Waals surface area contributed by atoms with E-state index < -0.39 is 48.3 Å². The van der Waals surface area contributed by atoms with Crippen LogP contribution >= 0.6 is 0 Å². The number of aliphatic hydroxyl groups excluding tert-OH is 2. The smallest absolute Gasteiger partial charge is 0.352 e. The van der Waals surface area contributed by atoms with Crippen LogP contribution in [0.5, 0.6) is 0 Å². The summed E-state index contributed by atoms with van der Waals surface area (Å²) in [5.74, 6) is -0.966. The molecule has 1 aliphatic rings. The number of hydrogen-bond donors (Lipinski definition) is 4. The third-order valence-electron chi connectivity index (χ3n) is 4.16. The molecule has 1 aromatic rings. The van der Waals surface area contributed by atoms with E-state index in [4.69, 9.17) is 20.9 Å². The van der Waals surface area contributed by atoms with Gasteiger partial charge in [0.25, 0.3) is 5.72 Å². The van der Waals surface area contributed by atoms with Crippen LogP contribution in [0.4, 0.5) is 5.82 Å². The molecule has 0 bridgehead atoms. The predicted octanol–water partition coefficient (Wildman–Crippen LogP) is -2.35. The Morgan fingerprint density at radius 2 is 2.23 bits per heavy atom. The van der Waals surface area contributed by atoms with Gasteiger partial charge >= 0.3 is 11.7 Å². The molecule has 11 heteroatoms. The number of nitrogen functional groups attached to an aromatic ring is 1. The van der Waals surface area contributed by atoms with E-state index in [2.05, 4.69) is 4.98 Å². The second-order valence-corrected chi connectivity index (χ2v) is 6.30. The molecule has 2 heterocycles. The van der Waals surface area contributed by atoms with Crippen LogP contribution in [0.15, 0.2) is 17.1 Å². The van der Waals surface area contributed by atoms with Gasteiger partial charge in [0.2, 0.25) is 0 Å². The number of esters is 1. The maximum atomic E-state index is 12.0. The minimum absolute atomic E-state index is 0.0828. The molecule has 0 aromatic carbocycles. The van der Waals surface area contributed by atoms with Crippen molar-refractivity contribution in [3.8, 4) is 6.07 Å². The largest absolute Gasteiger partial charge is 0.462 e. The molecule has 0 spiro atoms. The van der Waals surface area contributed by atoms with Crippen LogP contribution in [0.25, 0.3) is 0 Å². The number of nitrogens with zero attached hydrogens (tertiary/aromatic N) is 3. The Hall–Kier alpha value is -2.52. The van der Waals surface area contributed by atoms with Gasteiger partial charge in [0.1, 0.15) is 42.8 Å². The molecule has 0 aliphatic carbocycles. The highest BCUT2D eigenvalue weighted by molar-refractivity contribution is 5.75. The lowest BCUT2D eigenvalue weighted by atomic mass is 10.0. The molecule has 0 radical (unpaired) electrons. The zero-order chi connectivity index (χ0) is 19.6. The first-order valence-corrected chi connectivity index (χ1v) is 7.87. The van der Waals surface area contributed by atoms with E-state index >= 15 is 0 Å². The highest BCUT2D eigenvalue weighted by Gasteiger charge is 2.57. The lowest BCUT2D eigenvalue weighted by molar-refractivity contribution is -0.156. The Morgan fingerprint density at radius 3 is 2.77 bits per heavy atom. The van der Waals surface area contributed by atoms with Crippen molar-refractivity contribution in [3.05, 3.63) is 22.7 Å². The average Bonchev–Trinajstić information content (AvgIpc) is 2.84. The summed E-state index contributed by atoms with van der Waals surface area (Å²) in [7, 11) is 0. The Kier molecular flexibility index (Phi) is 5.62. The third kappa shape index (κ3) is 3.40. The van der Waals surface area contributed by atoms with Gasteiger partial charge in [-0.25, -0.2) is 4.79 Å². The highest BCUT2D eigenvalue weighted by atomic mass is 16.6. The van der Waals surface area contributed by atoms with Crippen LogP contribution < -0.4 is 17.2 Å². The Morgan fingerprint density at radius 1 is 1.58 bits per heavy atom. The Labute approximate surface area is 148 Å². The highest BCUT2D eigenvalue weighted by Crippen LogP contribution is 2.34. The fourth-order valence-corrected chi connectivity index (χ4v) is 2.48. The zero-order valence-electron chi connectivity index (χ0n) is 14.3. The molecule has 0 saturated carbocycles. The lowest BCUT2D eigenvalue weighted by Gasteiger charge is -2.26. The molecule has 2 rings (SSSR count). The minimum Gasteiger partial charge on any atom is -0.462 e. The molecule has 142 valence electrons. The number of aliphatic hydroxyl groups is 2. The normalized spacial score (nSPS) is 29.3. The summed E-state index contributed by atoms with van der Waals surface area (Å²) >= 11 is 0. The standard InChI is InChI=1S/C15H21N5O6/c1-7(2)10(18)13(23)25-5-8-11(21)12(22)15(6-16,26-8)20-4-3-9(17)19-14(20)24/h3-4,7-8,10-12,21-22H,5,18H2,1-2H3,(H2,17,19,24)/t8-,10+,11?,12?,15-/m1/s1. The van der Waals surface area contributed by atoms with E-state index in [0.717, 1.165) is 10.8 Å². The first-order valence-electron chi connectivity index (χ1n) is 7.87. The average molecular weight is 367 g/mol. The summed E-state index contributed by atoms with van der Waals surface area (Å²) in [5, 5.41) is 30.0. The van der Waals surface area contributed by atoms with Crippen LogP contribution in [0.1, 0.15) is 13.8 Å². The monoisotopic (exact) mass is 367 g/mol. The number of carbonyl (C=O) groups is 1. The third-order valence-corrected chi connectivity index (χ3v) is 4.16. The van der Waals surface area contributed by atoms with Gasteiger partial charge in [-0.05, 0) is 12.0 Å². The quantitative estimate of drug-likeness (QED) is 0.410. The summed E-state index contributed by atoms with van der Waals surface area (Å²) in [6, 6.07) is 2.04. The van der Waals surface area contributed by atoms with E-state index in [1.807, 2.05) is 0 Å². The van der Waals surface area contributed by atoms with Crippen molar-refractivity contribution in [2.45, 2.75) is 43.9 Å². The molecule has 0 amide bonds. The van der Waals surface area contributed by atoms with Gasteiger partial charge in [0.15, 0.2) is 0 Å². The number of hydrogen-bond acceptors (Lipinski definition) is 10. The van der Waals surface area contributed by atoms with Gasteiger partial charge in [0.05, 0.1) is 0 Å². The van der Waals surface area contributed by atoms with Crippen molar-refractivity contribution >= 4 is 11.8 Å². The summed E-state index contributed by atoms with van der Waals surface area (Å²) in [6.07, 6.45) is -3.52. The van der Waals surface area contributed by atoms with E-state index in [1.54, 1.807) is 19.9 Å². The number of rotatable bonds is 5. The maximum Gasteiger partial charge on any atom is 0.352 e. The molecule has 2 unspecified atom stereocenters. The SMILES string of the molecule is CC(C)[C@H](N)C(=O)OC[C@H]1O[C@@](C#N)(n2ccc(N)nc2=O)C(O)C1O. The van der Waals surface area contributed by atoms with Crippen LogP contribution in [-0.4, -0.2) is 56.7 Å². The van der Waals surface area contributed by atoms with Crippen LogP contribution in [0.2, 0.25) is 0 Å². The molecule has 11 nitrogen and oxygen atoms in total. The first-order chi connectivity index (χ1) is 12.1. The number of ether oxygens (including phenoxy) is 2. The lowest BCUT2D eigenvalue weighted by Crippen LogP contribution is -2.49. The topological polar surface area (TPSA) is 187 Å². The second-order valence-electron chi connectivity index (χ2n) is 6.30. The number of carbonyl (C=O) groups excluding carboxylic acids is 1. The summed E-state index contributed by atoms with van der Waals surface area (Å²) in [5.41, 5.74) is 7.88. The van der Waals surface area contributed by atoms with Crippen LogP contribution in [-0.2, 0) is 20.0 Å². The van der Waals surface area contributed by atoms with Crippen LogP contribution in [0, 0.1) is 17.2 Å². The summed E-state index contributed by atoms with van der Waals surface area (Å²) < 4.78 is 11.1. The van der Waals surface area contributed by atoms with E-state index in [0.29, 0.717) is 0 Å². The summed E-state index contributed by atoms with van der Waals surface area (Å²) in [4.78, 5) is 27.3. The fraction of sp³-hybridized carbons (Fsp3) is 0.600. The van der Waals surface area contributed by atoms with E-state index in [9.17, 15) is 25.1 Å². The zero-order valence-corrected chi connectivity index (χ0v) is 14.3. The van der Waals surface area contributed by atoms with Crippen LogP contribution in [0.3, 0.4) is 0 Å². The number of aromatic nitrogens is 2. The van der Waals surface area contributed by atoms with Gasteiger partial charge < -0.3 is 31.2 Å². The minimum atomic E-state index is -2.24. The molecular weight excluding hydrogens is 346 g/mol. The Balaban J connectivity index is 2.23.